The van der Waals surface area contributed by atoms with E-state index in [-0.39, 0.29) is 11.9 Å². The number of halogens is 3. The Hall–Kier alpha value is -2.09. The first-order valence-electron chi connectivity index (χ1n) is 6.41. The predicted octanol–water partition coefficient (Wildman–Crippen LogP) is 2.50. The average Bonchev–Trinajstić information content (AvgIpc) is 3.09. The molecule has 1 aliphatic rings. The second-order valence-corrected chi connectivity index (χ2v) is 4.68. The van der Waals surface area contributed by atoms with Gasteiger partial charge in [-0.25, -0.2) is 0 Å². The second kappa shape index (κ2) is 5.36. The van der Waals surface area contributed by atoms with Crippen LogP contribution in [-0.4, -0.2) is 29.3 Å². The maximum absolute atomic E-state index is 12.4. The molecule has 5 nitrogen and oxygen atoms in total. The first kappa shape index (κ1) is 13.9. The molecule has 8 heteroatoms. The molecule has 0 spiro atoms. The number of nitrogens with one attached hydrogen (secondary N) is 1. The van der Waals surface area contributed by atoms with Gasteiger partial charge in [0.1, 0.15) is 11.9 Å². The molecule has 0 aliphatic carbocycles. The van der Waals surface area contributed by atoms with Crippen LogP contribution in [0.1, 0.15) is 12.3 Å². The molecule has 1 saturated heterocycles. The van der Waals surface area contributed by atoms with Gasteiger partial charge in [0.05, 0.1) is 0 Å². The highest BCUT2D eigenvalue weighted by Gasteiger charge is 2.38. The molecular weight excluding hydrogens is 287 g/mol. The molecule has 1 N–H and O–H groups in total. The van der Waals surface area contributed by atoms with Gasteiger partial charge >= 0.3 is 12.1 Å². The largest absolute Gasteiger partial charge is 0.489 e. The van der Waals surface area contributed by atoms with Gasteiger partial charge in [-0.1, -0.05) is 5.16 Å². The lowest BCUT2D eigenvalue weighted by atomic mass is 10.2. The number of ether oxygens (including phenoxy) is 1. The van der Waals surface area contributed by atoms with Gasteiger partial charge in [0.2, 0.25) is 5.82 Å². The molecule has 2 aromatic rings. The van der Waals surface area contributed by atoms with Crippen LogP contribution in [0.15, 0.2) is 28.8 Å². The molecule has 112 valence electrons. The Kier molecular flexibility index (Phi) is 3.54. The van der Waals surface area contributed by atoms with Crippen LogP contribution in [0.5, 0.6) is 5.75 Å². The molecule has 1 atom stereocenters. The van der Waals surface area contributed by atoms with Crippen LogP contribution < -0.4 is 10.1 Å². The lowest BCUT2D eigenvalue weighted by molar-refractivity contribution is -0.159. The molecule has 0 amide bonds. The van der Waals surface area contributed by atoms with Gasteiger partial charge in [-0.15, -0.1) is 0 Å². The molecule has 1 unspecified atom stereocenters. The summed E-state index contributed by atoms with van der Waals surface area (Å²) in [6.45, 7) is 1.72. The zero-order chi connectivity index (χ0) is 14.9. The van der Waals surface area contributed by atoms with Gasteiger partial charge < -0.3 is 14.6 Å². The van der Waals surface area contributed by atoms with E-state index in [0.29, 0.717) is 11.3 Å². The quantitative estimate of drug-likeness (QED) is 0.943. The van der Waals surface area contributed by atoms with E-state index in [1.165, 1.54) is 0 Å². The zero-order valence-corrected chi connectivity index (χ0v) is 10.9. The lowest BCUT2D eigenvalue weighted by Gasteiger charge is -2.12. The monoisotopic (exact) mass is 299 g/mol. The fraction of sp³-hybridized carbons (Fsp3) is 0.385. The molecular formula is C13H12F3N3O2. The van der Waals surface area contributed by atoms with E-state index in [2.05, 4.69) is 20.0 Å². The fourth-order valence-electron chi connectivity index (χ4n) is 2.06. The normalized spacial score (nSPS) is 18.9. The van der Waals surface area contributed by atoms with E-state index in [1.807, 2.05) is 0 Å². The Bertz CT molecular complexity index is 604. The van der Waals surface area contributed by atoms with Crippen molar-refractivity contribution in [3.63, 3.8) is 0 Å². The summed E-state index contributed by atoms with van der Waals surface area (Å²) in [6.07, 6.45) is -3.58. The van der Waals surface area contributed by atoms with Crippen LogP contribution in [-0.2, 0) is 6.18 Å². The molecule has 1 aromatic carbocycles. The van der Waals surface area contributed by atoms with Crippen LogP contribution in [0.3, 0.4) is 0 Å². The topological polar surface area (TPSA) is 60.2 Å². The molecule has 3 rings (SSSR count). The zero-order valence-electron chi connectivity index (χ0n) is 10.9. The van der Waals surface area contributed by atoms with Crippen LogP contribution in [0.2, 0.25) is 0 Å². The Morgan fingerprint density at radius 1 is 1.24 bits per heavy atom. The van der Waals surface area contributed by atoms with Gasteiger partial charge in [0, 0.05) is 12.1 Å². The molecule has 0 bridgehead atoms. The number of rotatable bonds is 3. The number of hydrogen-bond donors (Lipinski definition) is 1. The highest BCUT2D eigenvalue weighted by Crippen LogP contribution is 2.29. The SMILES string of the molecule is FC(F)(F)c1nc(-c2ccc(OC3CCNC3)cc2)no1. The van der Waals surface area contributed by atoms with Crippen molar-refractivity contribution in [1.82, 2.24) is 15.5 Å². The molecule has 1 aromatic heterocycles. The fourth-order valence-corrected chi connectivity index (χ4v) is 2.06. The maximum atomic E-state index is 12.4. The first-order chi connectivity index (χ1) is 10.0. The van der Waals surface area contributed by atoms with Gasteiger partial charge in [-0.05, 0) is 37.2 Å². The second-order valence-electron chi connectivity index (χ2n) is 4.68. The van der Waals surface area contributed by atoms with Crippen LogP contribution in [0.4, 0.5) is 13.2 Å². The summed E-state index contributed by atoms with van der Waals surface area (Å²) in [5.41, 5.74) is 0.436. The summed E-state index contributed by atoms with van der Waals surface area (Å²) in [7, 11) is 0. The van der Waals surface area contributed by atoms with Crippen molar-refractivity contribution in [3.8, 4) is 17.1 Å². The summed E-state index contributed by atoms with van der Waals surface area (Å²) in [5, 5.41) is 6.51. The molecule has 1 fully saturated rings. The van der Waals surface area contributed by atoms with Gasteiger partial charge in [0.25, 0.3) is 0 Å². The van der Waals surface area contributed by atoms with E-state index in [4.69, 9.17) is 4.74 Å². The third-order valence-corrected chi connectivity index (χ3v) is 3.10. The number of aromatic nitrogens is 2. The highest BCUT2D eigenvalue weighted by molar-refractivity contribution is 5.55. The smallest absolute Gasteiger partial charge is 0.471 e. The van der Waals surface area contributed by atoms with E-state index < -0.39 is 12.1 Å². The van der Waals surface area contributed by atoms with E-state index in [0.717, 1.165) is 19.5 Å². The van der Waals surface area contributed by atoms with E-state index in [1.54, 1.807) is 24.3 Å². The summed E-state index contributed by atoms with van der Waals surface area (Å²) in [6, 6.07) is 6.56. The number of hydrogen-bond acceptors (Lipinski definition) is 5. The standard InChI is InChI=1S/C13H12F3N3O2/c14-13(15,16)12-18-11(19-21-12)8-1-3-9(4-2-8)20-10-5-6-17-7-10/h1-4,10,17H,5-7H2. The number of benzene rings is 1. The Morgan fingerprint density at radius 3 is 2.57 bits per heavy atom. The Labute approximate surface area is 118 Å². The average molecular weight is 299 g/mol. The molecule has 0 radical (unpaired) electrons. The van der Waals surface area contributed by atoms with Crippen molar-refractivity contribution in [3.05, 3.63) is 30.2 Å². The van der Waals surface area contributed by atoms with Crippen molar-refractivity contribution in [2.24, 2.45) is 0 Å². The van der Waals surface area contributed by atoms with Crippen molar-refractivity contribution >= 4 is 0 Å². The van der Waals surface area contributed by atoms with Gasteiger partial charge in [-0.3, -0.25) is 0 Å². The number of nitrogens with zero attached hydrogens (tertiary/aromatic N) is 2. The van der Waals surface area contributed by atoms with Crippen molar-refractivity contribution in [1.29, 1.82) is 0 Å². The van der Waals surface area contributed by atoms with E-state index >= 15 is 0 Å². The van der Waals surface area contributed by atoms with Crippen molar-refractivity contribution in [2.45, 2.75) is 18.7 Å². The third kappa shape index (κ3) is 3.15. The van der Waals surface area contributed by atoms with Crippen LogP contribution in [0.25, 0.3) is 11.4 Å². The van der Waals surface area contributed by atoms with Gasteiger partial charge in [-0.2, -0.15) is 18.2 Å². The van der Waals surface area contributed by atoms with Gasteiger partial charge in [0.15, 0.2) is 0 Å². The maximum Gasteiger partial charge on any atom is 0.471 e. The van der Waals surface area contributed by atoms with E-state index in [9.17, 15) is 13.2 Å². The predicted molar refractivity (Wildman–Crippen MR) is 66.6 cm³/mol. The lowest BCUT2D eigenvalue weighted by Crippen LogP contribution is -2.19. The number of alkyl halides is 3. The van der Waals surface area contributed by atoms with Crippen LogP contribution in [0, 0.1) is 0 Å². The minimum atomic E-state index is -4.64. The summed E-state index contributed by atoms with van der Waals surface area (Å²) in [5.74, 6) is -0.793. The third-order valence-electron chi connectivity index (χ3n) is 3.10. The highest BCUT2D eigenvalue weighted by atomic mass is 19.4. The molecule has 2 heterocycles. The minimum Gasteiger partial charge on any atom is -0.489 e. The Balaban J connectivity index is 1.73. The molecule has 1 aliphatic heterocycles. The Morgan fingerprint density at radius 2 is 2.00 bits per heavy atom. The molecule has 21 heavy (non-hydrogen) atoms. The summed E-state index contributed by atoms with van der Waals surface area (Å²) >= 11 is 0. The minimum absolute atomic E-state index is 0.101. The molecule has 0 saturated carbocycles. The van der Waals surface area contributed by atoms with Crippen LogP contribution >= 0.6 is 0 Å². The van der Waals surface area contributed by atoms with Crippen molar-refractivity contribution < 1.29 is 22.4 Å². The first-order valence-corrected chi connectivity index (χ1v) is 6.41. The summed E-state index contributed by atoms with van der Waals surface area (Å²) in [4.78, 5) is 3.33. The summed E-state index contributed by atoms with van der Waals surface area (Å²) < 4.78 is 47.1. The van der Waals surface area contributed by atoms with Crippen molar-refractivity contribution in [2.75, 3.05) is 13.1 Å².